The van der Waals surface area contributed by atoms with Gasteiger partial charge in [-0.1, -0.05) is 19.1 Å². The average Bonchev–Trinajstić information content (AvgIpc) is 3.29. The summed E-state index contributed by atoms with van der Waals surface area (Å²) in [6.45, 7) is 5.06. The molecule has 1 aliphatic rings. The quantitative estimate of drug-likeness (QED) is 0.465. The van der Waals surface area contributed by atoms with Gasteiger partial charge in [-0.05, 0) is 23.3 Å². The summed E-state index contributed by atoms with van der Waals surface area (Å²) >= 11 is 0. The van der Waals surface area contributed by atoms with Gasteiger partial charge >= 0.3 is 0 Å². The Morgan fingerprint density at radius 3 is 2.18 bits per heavy atom. The minimum atomic E-state index is -0.236. The topological polar surface area (TPSA) is 101 Å². The zero-order valence-corrected chi connectivity index (χ0v) is 19.0. The van der Waals surface area contributed by atoms with Crippen LogP contribution in [0.3, 0.4) is 0 Å². The molecule has 0 bridgehead atoms. The van der Waals surface area contributed by atoms with E-state index in [1.54, 1.807) is 23.0 Å². The molecule has 1 aliphatic heterocycles. The number of rotatable bonds is 6. The third-order valence-corrected chi connectivity index (χ3v) is 5.89. The Labute approximate surface area is 196 Å². The number of benzene rings is 1. The fourth-order valence-electron chi connectivity index (χ4n) is 3.88. The fraction of sp³-hybridized carbons (Fsp3) is 0.304. The number of halogens is 1. The zero-order chi connectivity index (χ0) is 23.5. The van der Waals surface area contributed by atoms with Crippen LogP contribution in [-0.4, -0.2) is 60.9 Å². The molecule has 4 aromatic rings. The van der Waals surface area contributed by atoms with Crippen LogP contribution in [0.25, 0.3) is 0 Å². The normalized spacial score (nSPS) is 14.8. The highest BCUT2D eigenvalue weighted by atomic mass is 19.1. The monoisotopic (exact) mass is 460 g/mol. The number of hydrogen-bond acceptors (Lipinski definition) is 9. The molecular weight excluding hydrogens is 435 g/mol. The van der Waals surface area contributed by atoms with E-state index < -0.39 is 0 Å². The summed E-state index contributed by atoms with van der Waals surface area (Å²) in [6.07, 6.45) is 8.79. The van der Waals surface area contributed by atoms with E-state index in [0.29, 0.717) is 17.8 Å². The second kappa shape index (κ2) is 9.38. The van der Waals surface area contributed by atoms with Gasteiger partial charge in [0.15, 0.2) is 0 Å². The Bertz CT molecular complexity index is 1230. The molecule has 0 unspecified atom stereocenters. The molecule has 1 saturated heterocycles. The summed E-state index contributed by atoms with van der Waals surface area (Å²) < 4.78 is 14.9. The molecule has 10 nitrogen and oxygen atoms in total. The average molecular weight is 461 g/mol. The molecule has 0 amide bonds. The van der Waals surface area contributed by atoms with E-state index in [0.717, 1.165) is 43.0 Å². The van der Waals surface area contributed by atoms with Gasteiger partial charge in [-0.15, -0.1) is 0 Å². The zero-order valence-electron chi connectivity index (χ0n) is 19.0. The molecule has 34 heavy (non-hydrogen) atoms. The van der Waals surface area contributed by atoms with E-state index in [-0.39, 0.29) is 11.7 Å². The number of piperazine rings is 1. The van der Waals surface area contributed by atoms with Crippen molar-refractivity contribution < 1.29 is 4.39 Å². The Morgan fingerprint density at radius 1 is 0.853 bits per heavy atom. The van der Waals surface area contributed by atoms with Crippen molar-refractivity contribution in [2.75, 3.05) is 41.3 Å². The van der Waals surface area contributed by atoms with Crippen molar-refractivity contribution in [2.45, 2.75) is 12.8 Å². The van der Waals surface area contributed by atoms with Crippen molar-refractivity contribution in [2.24, 2.45) is 7.05 Å². The van der Waals surface area contributed by atoms with E-state index in [4.69, 9.17) is 0 Å². The van der Waals surface area contributed by atoms with Crippen molar-refractivity contribution in [3.63, 3.8) is 0 Å². The summed E-state index contributed by atoms with van der Waals surface area (Å²) in [5.41, 5.74) is 2.84. The lowest BCUT2D eigenvalue weighted by atomic mass is 9.95. The smallest absolute Gasteiger partial charge is 0.232 e. The van der Waals surface area contributed by atoms with E-state index in [1.165, 1.54) is 18.5 Å². The summed E-state index contributed by atoms with van der Waals surface area (Å²) in [7, 11) is 1.85. The molecule has 0 spiro atoms. The third kappa shape index (κ3) is 4.77. The molecule has 0 saturated carbocycles. The minimum absolute atomic E-state index is 0.0878. The van der Waals surface area contributed by atoms with Crippen LogP contribution in [0.5, 0.6) is 0 Å². The predicted molar refractivity (Wildman–Crippen MR) is 127 cm³/mol. The minimum Gasteiger partial charge on any atom is -0.337 e. The summed E-state index contributed by atoms with van der Waals surface area (Å²) in [6, 6.07) is 6.55. The summed E-state index contributed by atoms with van der Waals surface area (Å²) in [5, 5.41) is 7.28. The molecule has 1 atom stereocenters. The maximum absolute atomic E-state index is 13.2. The van der Waals surface area contributed by atoms with Gasteiger partial charge in [0.25, 0.3) is 0 Å². The van der Waals surface area contributed by atoms with Crippen molar-refractivity contribution in [3.8, 4) is 0 Å². The molecule has 3 aromatic heterocycles. The molecule has 174 valence electrons. The lowest BCUT2D eigenvalue weighted by molar-refractivity contribution is 0.625. The summed E-state index contributed by atoms with van der Waals surface area (Å²) in [5.74, 6) is 1.66. The van der Waals surface area contributed by atoms with Crippen LogP contribution in [0.1, 0.15) is 24.0 Å². The predicted octanol–water partition coefficient (Wildman–Crippen LogP) is 2.76. The largest absolute Gasteiger partial charge is 0.337 e. The number of nitrogens with one attached hydrogen (secondary N) is 1. The standard InChI is InChI=1S/C23H25FN10/c1-16(17-3-5-19(24)6-4-17)18-11-25-22(26-12-18)33-7-9-34(10-8-33)23-28-15-27-21(31-23)30-20-13-29-32(2)14-20/h3-6,11-16H,7-10H2,1-2H3,(H,27,28,30,31)/t16-/m0/s1. The number of hydrogen-bond donors (Lipinski definition) is 1. The van der Waals surface area contributed by atoms with Crippen molar-refractivity contribution in [1.82, 2.24) is 34.7 Å². The first kappa shape index (κ1) is 21.7. The number of nitrogens with zero attached hydrogens (tertiary/aromatic N) is 9. The molecule has 1 aromatic carbocycles. The number of aromatic nitrogens is 7. The molecule has 5 rings (SSSR count). The molecule has 1 fully saturated rings. The summed E-state index contributed by atoms with van der Waals surface area (Å²) in [4.78, 5) is 26.5. The molecule has 1 N–H and O–H groups in total. The van der Waals surface area contributed by atoms with Crippen LogP contribution in [0.4, 0.5) is 27.9 Å². The third-order valence-electron chi connectivity index (χ3n) is 5.89. The lowest BCUT2D eigenvalue weighted by Gasteiger charge is -2.34. The highest BCUT2D eigenvalue weighted by Crippen LogP contribution is 2.24. The van der Waals surface area contributed by atoms with Gasteiger partial charge in [0, 0.05) is 57.7 Å². The lowest BCUT2D eigenvalue weighted by Crippen LogP contribution is -2.47. The van der Waals surface area contributed by atoms with Crippen LogP contribution in [0.15, 0.2) is 55.4 Å². The van der Waals surface area contributed by atoms with Crippen molar-refractivity contribution in [1.29, 1.82) is 0 Å². The van der Waals surface area contributed by atoms with Gasteiger partial charge < -0.3 is 15.1 Å². The van der Waals surface area contributed by atoms with Gasteiger partial charge in [-0.2, -0.15) is 10.1 Å². The first-order chi connectivity index (χ1) is 16.5. The van der Waals surface area contributed by atoms with Crippen LogP contribution in [0.2, 0.25) is 0 Å². The van der Waals surface area contributed by atoms with Crippen LogP contribution < -0.4 is 15.1 Å². The van der Waals surface area contributed by atoms with Gasteiger partial charge in [0.1, 0.15) is 12.1 Å². The number of aryl methyl sites for hydroxylation is 1. The highest BCUT2D eigenvalue weighted by Gasteiger charge is 2.21. The van der Waals surface area contributed by atoms with E-state index >= 15 is 0 Å². The molecule has 0 aliphatic carbocycles. The van der Waals surface area contributed by atoms with Gasteiger partial charge in [-0.3, -0.25) is 4.68 Å². The van der Waals surface area contributed by atoms with E-state index in [2.05, 4.69) is 52.1 Å². The van der Waals surface area contributed by atoms with E-state index in [9.17, 15) is 4.39 Å². The Morgan fingerprint density at radius 2 is 1.53 bits per heavy atom. The molecule has 0 radical (unpaired) electrons. The molecule has 11 heteroatoms. The van der Waals surface area contributed by atoms with Crippen molar-refractivity contribution in [3.05, 3.63) is 72.3 Å². The number of anilines is 4. The van der Waals surface area contributed by atoms with Crippen molar-refractivity contribution >= 4 is 23.5 Å². The molecule has 4 heterocycles. The second-order valence-corrected chi connectivity index (χ2v) is 8.20. The highest BCUT2D eigenvalue weighted by molar-refractivity contribution is 5.51. The van der Waals surface area contributed by atoms with E-state index in [1.807, 2.05) is 25.6 Å². The maximum atomic E-state index is 13.2. The first-order valence-corrected chi connectivity index (χ1v) is 11.1. The Balaban J connectivity index is 1.20. The van der Waals surface area contributed by atoms with Gasteiger partial charge in [-0.25, -0.2) is 24.3 Å². The van der Waals surface area contributed by atoms with Crippen LogP contribution in [-0.2, 0) is 7.05 Å². The van der Waals surface area contributed by atoms with Crippen LogP contribution in [0, 0.1) is 5.82 Å². The van der Waals surface area contributed by atoms with Gasteiger partial charge in [0.2, 0.25) is 17.8 Å². The Kier molecular flexibility index (Phi) is 5.98. The van der Waals surface area contributed by atoms with Gasteiger partial charge in [0.05, 0.1) is 11.9 Å². The fourth-order valence-corrected chi connectivity index (χ4v) is 3.88. The molecular formula is C23H25FN10. The Hall–Kier alpha value is -4.15. The SMILES string of the molecule is C[C@@H](c1ccc(F)cc1)c1cnc(N2CCN(c3ncnc(Nc4cnn(C)c4)n3)CC2)nc1. The maximum Gasteiger partial charge on any atom is 0.232 e. The first-order valence-electron chi connectivity index (χ1n) is 11.1. The second-order valence-electron chi connectivity index (χ2n) is 8.20. The van der Waals surface area contributed by atoms with Crippen LogP contribution >= 0.6 is 0 Å².